The minimum absolute atomic E-state index is 0.393. The van der Waals surface area contributed by atoms with Gasteiger partial charge >= 0.3 is 0 Å². The van der Waals surface area contributed by atoms with Crippen LogP contribution in [0.4, 0.5) is 0 Å². The van der Waals surface area contributed by atoms with Gasteiger partial charge in [0.2, 0.25) is 0 Å². The van der Waals surface area contributed by atoms with Crippen LogP contribution >= 0.6 is 22.9 Å². The Labute approximate surface area is 116 Å². The van der Waals surface area contributed by atoms with Crippen molar-refractivity contribution in [1.82, 2.24) is 0 Å². The third-order valence-electron chi connectivity index (χ3n) is 2.66. The molecule has 1 heterocycles. The Balaban J connectivity index is 1.94. The standard InChI is InChI=1S/C14H15ClO2S/c1-2-13(16)10-3-5-11(6-4-10)17-9-12-7-8-14(15)18-12/h3-8,13,16H,2,9H2,1H3. The van der Waals surface area contributed by atoms with Crippen molar-refractivity contribution in [3.63, 3.8) is 0 Å². The molecule has 1 aromatic heterocycles. The highest BCUT2D eigenvalue weighted by atomic mass is 35.5. The number of ether oxygens (including phenoxy) is 1. The van der Waals surface area contributed by atoms with Crippen LogP contribution in [0.3, 0.4) is 0 Å². The van der Waals surface area contributed by atoms with Crippen LogP contribution in [0.15, 0.2) is 36.4 Å². The van der Waals surface area contributed by atoms with Crippen molar-refractivity contribution in [3.8, 4) is 5.75 Å². The molecule has 96 valence electrons. The lowest BCUT2D eigenvalue weighted by Gasteiger charge is -2.09. The van der Waals surface area contributed by atoms with Gasteiger partial charge in [-0.15, -0.1) is 11.3 Å². The third kappa shape index (κ3) is 3.48. The Kier molecular flexibility index (Phi) is 4.64. The average Bonchev–Trinajstić information content (AvgIpc) is 2.82. The van der Waals surface area contributed by atoms with Gasteiger partial charge in [0.05, 0.1) is 10.4 Å². The molecule has 0 aliphatic heterocycles. The van der Waals surface area contributed by atoms with Crippen LogP contribution in [-0.2, 0) is 6.61 Å². The third-order valence-corrected chi connectivity index (χ3v) is 3.87. The van der Waals surface area contributed by atoms with E-state index < -0.39 is 6.10 Å². The zero-order chi connectivity index (χ0) is 13.0. The van der Waals surface area contributed by atoms with E-state index in [4.69, 9.17) is 16.3 Å². The summed E-state index contributed by atoms with van der Waals surface area (Å²) in [6.07, 6.45) is 0.323. The van der Waals surface area contributed by atoms with Gasteiger partial charge in [0.25, 0.3) is 0 Å². The van der Waals surface area contributed by atoms with Crippen molar-refractivity contribution in [2.45, 2.75) is 26.1 Å². The molecule has 0 fully saturated rings. The van der Waals surface area contributed by atoms with Crippen molar-refractivity contribution in [1.29, 1.82) is 0 Å². The minimum atomic E-state index is -0.393. The average molecular weight is 283 g/mol. The van der Waals surface area contributed by atoms with Gasteiger partial charge in [-0.3, -0.25) is 0 Å². The number of thiophene rings is 1. The fourth-order valence-corrected chi connectivity index (χ4v) is 2.61. The van der Waals surface area contributed by atoms with Crippen molar-refractivity contribution < 1.29 is 9.84 Å². The second-order valence-corrected chi connectivity index (χ2v) is 5.79. The molecule has 0 radical (unpaired) electrons. The van der Waals surface area contributed by atoms with Crippen LogP contribution in [0.1, 0.15) is 29.9 Å². The summed E-state index contributed by atoms with van der Waals surface area (Å²) >= 11 is 7.37. The molecule has 1 aromatic carbocycles. The largest absolute Gasteiger partial charge is 0.488 e. The second-order valence-electron chi connectivity index (χ2n) is 3.99. The summed E-state index contributed by atoms with van der Waals surface area (Å²) in [5.74, 6) is 0.798. The molecule has 0 bridgehead atoms. The summed E-state index contributed by atoms with van der Waals surface area (Å²) < 4.78 is 6.42. The second kappa shape index (κ2) is 6.23. The summed E-state index contributed by atoms with van der Waals surface area (Å²) in [6, 6.07) is 11.4. The van der Waals surface area contributed by atoms with Gasteiger partial charge in [-0.1, -0.05) is 30.7 Å². The molecule has 0 saturated heterocycles. The maximum absolute atomic E-state index is 9.68. The van der Waals surface area contributed by atoms with Gasteiger partial charge in [0, 0.05) is 4.88 Å². The number of hydrogen-bond acceptors (Lipinski definition) is 3. The van der Waals surface area contributed by atoms with Crippen LogP contribution in [0, 0.1) is 0 Å². The van der Waals surface area contributed by atoms with Gasteiger partial charge < -0.3 is 9.84 Å². The summed E-state index contributed by atoms with van der Waals surface area (Å²) in [5, 5.41) is 9.68. The monoisotopic (exact) mass is 282 g/mol. The predicted molar refractivity (Wildman–Crippen MR) is 75.4 cm³/mol. The molecule has 1 atom stereocenters. The molecule has 0 saturated carbocycles. The number of benzene rings is 1. The van der Waals surface area contributed by atoms with Gasteiger partial charge in [-0.25, -0.2) is 0 Å². The zero-order valence-corrected chi connectivity index (χ0v) is 11.7. The molecule has 2 aromatic rings. The zero-order valence-electron chi connectivity index (χ0n) is 10.1. The first-order valence-corrected chi connectivity index (χ1v) is 7.03. The molecule has 18 heavy (non-hydrogen) atoms. The molecule has 4 heteroatoms. The predicted octanol–water partition coefficient (Wildman–Crippen LogP) is 4.42. The summed E-state index contributed by atoms with van der Waals surface area (Å²) in [4.78, 5) is 1.10. The van der Waals surface area contributed by atoms with Crippen LogP contribution < -0.4 is 4.74 Å². The summed E-state index contributed by atoms with van der Waals surface area (Å²) in [6.45, 7) is 2.47. The maximum atomic E-state index is 9.68. The van der Waals surface area contributed by atoms with Crippen LogP contribution in [0.5, 0.6) is 5.75 Å². The number of rotatable bonds is 5. The first-order chi connectivity index (χ1) is 8.69. The number of aliphatic hydroxyl groups is 1. The van der Waals surface area contributed by atoms with Gasteiger partial charge in [-0.05, 0) is 36.2 Å². The molecule has 0 amide bonds. The Morgan fingerprint density at radius 1 is 1.22 bits per heavy atom. The first kappa shape index (κ1) is 13.4. The lowest BCUT2D eigenvalue weighted by molar-refractivity contribution is 0.173. The molecule has 2 rings (SSSR count). The van der Waals surface area contributed by atoms with E-state index in [1.807, 2.05) is 43.3 Å². The van der Waals surface area contributed by atoms with Crippen molar-refractivity contribution in [2.75, 3.05) is 0 Å². The van der Waals surface area contributed by atoms with E-state index in [1.54, 1.807) is 0 Å². The molecule has 1 unspecified atom stereocenters. The topological polar surface area (TPSA) is 29.5 Å². The van der Waals surface area contributed by atoms with Crippen LogP contribution in [0.25, 0.3) is 0 Å². The normalized spacial score (nSPS) is 12.4. The molecular formula is C14H15ClO2S. The summed E-state index contributed by atoms with van der Waals surface area (Å²) in [7, 11) is 0. The minimum Gasteiger partial charge on any atom is -0.488 e. The number of aliphatic hydroxyl groups excluding tert-OH is 1. The van der Waals surface area contributed by atoms with E-state index in [0.717, 1.165) is 20.5 Å². The lowest BCUT2D eigenvalue weighted by Crippen LogP contribution is -1.96. The molecule has 0 aliphatic carbocycles. The lowest BCUT2D eigenvalue weighted by atomic mass is 10.1. The highest BCUT2D eigenvalue weighted by Gasteiger charge is 2.05. The molecule has 0 aliphatic rings. The highest BCUT2D eigenvalue weighted by Crippen LogP contribution is 2.24. The fraction of sp³-hybridized carbons (Fsp3) is 0.286. The number of hydrogen-bond donors (Lipinski definition) is 1. The Hall–Kier alpha value is -1.03. The maximum Gasteiger partial charge on any atom is 0.122 e. The van der Waals surface area contributed by atoms with Crippen LogP contribution in [0.2, 0.25) is 4.34 Å². The Morgan fingerprint density at radius 2 is 1.94 bits per heavy atom. The van der Waals surface area contributed by atoms with E-state index in [0.29, 0.717) is 13.0 Å². The van der Waals surface area contributed by atoms with E-state index in [2.05, 4.69) is 0 Å². The smallest absolute Gasteiger partial charge is 0.122 e. The van der Waals surface area contributed by atoms with Gasteiger partial charge in [-0.2, -0.15) is 0 Å². The van der Waals surface area contributed by atoms with Gasteiger partial charge in [0.15, 0.2) is 0 Å². The fourth-order valence-electron chi connectivity index (χ4n) is 1.61. The van der Waals surface area contributed by atoms with E-state index in [9.17, 15) is 5.11 Å². The van der Waals surface area contributed by atoms with E-state index in [-0.39, 0.29) is 0 Å². The Bertz CT molecular complexity index is 493. The number of halogens is 1. The highest BCUT2D eigenvalue weighted by molar-refractivity contribution is 7.16. The summed E-state index contributed by atoms with van der Waals surface area (Å²) in [5.41, 5.74) is 0.920. The van der Waals surface area contributed by atoms with E-state index >= 15 is 0 Å². The van der Waals surface area contributed by atoms with Crippen molar-refractivity contribution in [3.05, 3.63) is 51.2 Å². The van der Waals surface area contributed by atoms with Crippen molar-refractivity contribution >= 4 is 22.9 Å². The first-order valence-electron chi connectivity index (χ1n) is 5.84. The Morgan fingerprint density at radius 3 is 2.50 bits per heavy atom. The molecular weight excluding hydrogens is 268 g/mol. The van der Waals surface area contributed by atoms with Gasteiger partial charge in [0.1, 0.15) is 12.4 Å². The molecule has 0 spiro atoms. The SMILES string of the molecule is CCC(O)c1ccc(OCc2ccc(Cl)s2)cc1. The van der Waals surface area contributed by atoms with Crippen LogP contribution in [-0.4, -0.2) is 5.11 Å². The van der Waals surface area contributed by atoms with E-state index in [1.165, 1.54) is 11.3 Å². The van der Waals surface area contributed by atoms with Crippen molar-refractivity contribution in [2.24, 2.45) is 0 Å². The quantitative estimate of drug-likeness (QED) is 0.879. The molecule has 2 nitrogen and oxygen atoms in total. The molecule has 1 N–H and O–H groups in total.